The molecule has 8 nitrogen and oxygen atoms in total. The summed E-state index contributed by atoms with van der Waals surface area (Å²) in [5.41, 5.74) is 2.14. The van der Waals surface area contributed by atoms with Crippen LogP contribution in [0, 0.1) is 0 Å². The van der Waals surface area contributed by atoms with Crippen LogP contribution in [0.3, 0.4) is 0 Å². The van der Waals surface area contributed by atoms with Gasteiger partial charge in [-0.3, -0.25) is 9.78 Å². The van der Waals surface area contributed by atoms with Crippen molar-refractivity contribution < 1.29 is 17.6 Å². The minimum atomic E-state index is -3.71. The van der Waals surface area contributed by atoms with Crippen molar-refractivity contribution in [2.45, 2.75) is 18.0 Å². The predicted octanol–water partition coefficient (Wildman–Crippen LogP) is 3.21. The Kier molecular flexibility index (Phi) is 6.21. The van der Waals surface area contributed by atoms with Gasteiger partial charge in [0, 0.05) is 28.9 Å². The van der Waals surface area contributed by atoms with Crippen LogP contribution >= 0.6 is 11.3 Å². The number of pyridine rings is 1. The number of thiazole rings is 1. The van der Waals surface area contributed by atoms with Crippen LogP contribution in [-0.4, -0.2) is 24.3 Å². The second-order valence-corrected chi connectivity index (χ2v) is 9.18. The highest BCUT2D eigenvalue weighted by atomic mass is 32.2. The van der Waals surface area contributed by atoms with Crippen molar-refractivity contribution in [3.8, 4) is 11.3 Å². The predicted molar refractivity (Wildman–Crippen MR) is 116 cm³/mol. The Hall–Kier alpha value is -3.34. The SMILES string of the molecule is O=C(NCc1nc(-c2ccncc2)cs1)c1ccc(S(=O)(=O)NCc2ccco2)cc1. The number of aromatic nitrogens is 2. The van der Waals surface area contributed by atoms with Crippen LogP contribution in [0.4, 0.5) is 0 Å². The molecule has 2 N–H and O–H groups in total. The van der Waals surface area contributed by atoms with Gasteiger partial charge in [-0.15, -0.1) is 11.3 Å². The Morgan fingerprint density at radius 1 is 1.03 bits per heavy atom. The summed E-state index contributed by atoms with van der Waals surface area (Å²) in [6, 6.07) is 12.8. The molecule has 10 heteroatoms. The first-order valence-electron chi connectivity index (χ1n) is 9.26. The maximum absolute atomic E-state index is 12.4. The van der Waals surface area contributed by atoms with Crippen LogP contribution in [0.1, 0.15) is 21.1 Å². The molecule has 3 aromatic heterocycles. The fourth-order valence-electron chi connectivity index (χ4n) is 2.75. The van der Waals surface area contributed by atoms with E-state index < -0.39 is 10.0 Å². The normalized spacial score (nSPS) is 11.4. The number of benzene rings is 1. The van der Waals surface area contributed by atoms with E-state index in [0.29, 0.717) is 11.3 Å². The molecule has 0 atom stereocenters. The summed E-state index contributed by atoms with van der Waals surface area (Å²) in [6.07, 6.45) is 4.88. The summed E-state index contributed by atoms with van der Waals surface area (Å²) in [7, 11) is -3.71. The number of sulfonamides is 1. The van der Waals surface area contributed by atoms with E-state index in [0.717, 1.165) is 16.3 Å². The third-order valence-corrected chi connectivity index (χ3v) is 6.64. The van der Waals surface area contributed by atoms with Gasteiger partial charge in [0.1, 0.15) is 10.8 Å². The molecule has 0 saturated carbocycles. The van der Waals surface area contributed by atoms with E-state index in [4.69, 9.17) is 4.42 Å². The summed E-state index contributed by atoms with van der Waals surface area (Å²) >= 11 is 1.45. The molecule has 31 heavy (non-hydrogen) atoms. The molecule has 0 unspecified atom stereocenters. The third-order valence-electron chi connectivity index (χ3n) is 4.37. The van der Waals surface area contributed by atoms with E-state index in [1.54, 1.807) is 24.5 Å². The molecular weight excluding hydrogens is 436 g/mol. The van der Waals surface area contributed by atoms with Crippen molar-refractivity contribution in [1.82, 2.24) is 20.0 Å². The Balaban J connectivity index is 1.34. The maximum atomic E-state index is 12.4. The Labute approximate surface area is 183 Å². The average molecular weight is 455 g/mol. The highest BCUT2D eigenvalue weighted by Gasteiger charge is 2.15. The second-order valence-electron chi connectivity index (χ2n) is 6.47. The first kappa shape index (κ1) is 20.9. The number of amides is 1. The Morgan fingerprint density at radius 3 is 2.52 bits per heavy atom. The van der Waals surface area contributed by atoms with E-state index >= 15 is 0 Å². The van der Waals surface area contributed by atoms with Crippen molar-refractivity contribution in [3.05, 3.63) is 88.9 Å². The standard InChI is InChI=1S/C21H18N4O4S2/c26-21(23-13-20-25-19(14-30-20)15-7-9-22-10-8-15)16-3-5-18(6-4-16)31(27,28)24-12-17-2-1-11-29-17/h1-11,14,24H,12-13H2,(H,23,26). The molecule has 0 saturated heterocycles. The van der Waals surface area contributed by atoms with Crippen LogP contribution in [0.2, 0.25) is 0 Å². The number of carbonyl (C=O) groups excluding carboxylic acids is 1. The largest absolute Gasteiger partial charge is 0.468 e. The molecule has 1 amide bonds. The van der Waals surface area contributed by atoms with Gasteiger partial charge in [0.15, 0.2) is 0 Å². The summed E-state index contributed by atoms with van der Waals surface area (Å²) in [5.74, 6) is 0.196. The molecule has 0 aliphatic carbocycles. The summed E-state index contributed by atoms with van der Waals surface area (Å²) < 4.78 is 32.3. The number of nitrogens with zero attached hydrogens (tertiary/aromatic N) is 2. The van der Waals surface area contributed by atoms with Gasteiger partial charge in [0.2, 0.25) is 10.0 Å². The number of hydrogen-bond donors (Lipinski definition) is 2. The van der Waals surface area contributed by atoms with Crippen LogP contribution in [0.5, 0.6) is 0 Å². The molecule has 0 bridgehead atoms. The van der Waals surface area contributed by atoms with E-state index in [-0.39, 0.29) is 23.9 Å². The molecule has 0 spiro atoms. The van der Waals surface area contributed by atoms with Crippen molar-refractivity contribution in [2.24, 2.45) is 0 Å². The third kappa shape index (κ3) is 5.23. The molecule has 4 rings (SSSR count). The minimum absolute atomic E-state index is 0.0485. The molecule has 0 fully saturated rings. The summed E-state index contributed by atoms with van der Waals surface area (Å²) in [4.78, 5) is 21.0. The zero-order chi connectivity index (χ0) is 21.7. The van der Waals surface area contributed by atoms with Gasteiger partial charge >= 0.3 is 0 Å². The van der Waals surface area contributed by atoms with Gasteiger partial charge in [-0.25, -0.2) is 18.1 Å². The van der Waals surface area contributed by atoms with Gasteiger partial charge < -0.3 is 9.73 Å². The first-order chi connectivity index (χ1) is 15.0. The van der Waals surface area contributed by atoms with Gasteiger partial charge in [-0.05, 0) is 48.5 Å². The lowest BCUT2D eigenvalue weighted by molar-refractivity contribution is 0.0950. The number of nitrogens with one attached hydrogen (secondary N) is 2. The van der Waals surface area contributed by atoms with Crippen LogP contribution in [0.15, 0.2) is 81.9 Å². The van der Waals surface area contributed by atoms with Gasteiger partial charge in [-0.1, -0.05) is 0 Å². The molecule has 0 aliphatic rings. The minimum Gasteiger partial charge on any atom is -0.468 e. The molecule has 0 aliphatic heterocycles. The smallest absolute Gasteiger partial charge is 0.251 e. The Morgan fingerprint density at radius 2 is 1.81 bits per heavy atom. The first-order valence-corrected chi connectivity index (χ1v) is 11.6. The molecule has 1 aromatic carbocycles. The quantitative estimate of drug-likeness (QED) is 0.423. The van der Waals surface area contributed by atoms with Gasteiger partial charge in [-0.2, -0.15) is 0 Å². The molecule has 4 aromatic rings. The summed E-state index contributed by atoms with van der Waals surface area (Å²) in [5, 5.41) is 5.49. The van der Waals surface area contributed by atoms with Crippen molar-refractivity contribution in [1.29, 1.82) is 0 Å². The van der Waals surface area contributed by atoms with E-state index in [2.05, 4.69) is 20.0 Å². The highest BCUT2D eigenvalue weighted by Crippen LogP contribution is 2.21. The topological polar surface area (TPSA) is 114 Å². The van der Waals surface area contributed by atoms with Gasteiger partial charge in [0.25, 0.3) is 5.91 Å². The second kappa shape index (κ2) is 9.21. The lowest BCUT2D eigenvalue weighted by atomic mass is 10.2. The monoisotopic (exact) mass is 454 g/mol. The van der Waals surface area contributed by atoms with E-state index in [1.165, 1.54) is 41.9 Å². The van der Waals surface area contributed by atoms with E-state index in [1.807, 2.05) is 17.5 Å². The lowest BCUT2D eigenvalue weighted by Crippen LogP contribution is -2.24. The number of rotatable bonds is 8. The van der Waals surface area contributed by atoms with Gasteiger partial charge in [0.05, 0.1) is 29.9 Å². The van der Waals surface area contributed by atoms with Crippen molar-refractivity contribution >= 4 is 27.3 Å². The van der Waals surface area contributed by atoms with Crippen molar-refractivity contribution in [3.63, 3.8) is 0 Å². The molecular formula is C21H18N4O4S2. The average Bonchev–Trinajstić information content (AvgIpc) is 3.49. The van der Waals surface area contributed by atoms with Crippen molar-refractivity contribution in [2.75, 3.05) is 0 Å². The molecule has 3 heterocycles. The zero-order valence-corrected chi connectivity index (χ0v) is 17.8. The lowest BCUT2D eigenvalue weighted by Gasteiger charge is -2.07. The highest BCUT2D eigenvalue weighted by molar-refractivity contribution is 7.89. The fraction of sp³-hybridized carbons (Fsp3) is 0.0952. The van der Waals surface area contributed by atoms with Crippen LogP contribution in [0.25, 0.3) is 11.3 Å². The summed E-state index contributed by atoms with van der Waals surface area (Å²) in [6.45, 7) is 0.326. The fourth-order valence-corrected chi connectivity index (χ4v) is 4.49. The number of hydrogen-bond acceptors (Lipinski definition) is 7. The number of carbonyl (C=O) groups is 1. The molecule has 0 radical (unpaired) electrons. The Bertz CT molecular complexity index is 1250. The van der Waals surface area contributed by atoms with E-state index in [9.17, 15) is 13.2 Å². The maximum Gasteiger partial charge on any atom is 0.251 e. The number of furan rings is 1. The van der Waals surface area contributed by atoms with Crippen LogP contribution < -0.4 is 10.0 Å². The van der Waals surface area contributed by atoms with Crippen LogP contribution in [-0.2, 0) is 23.1 Å². The molecule has 158 valence electrons. The zero-order valence-electron chi connectivity index (χ0n) is 16.2.